The smallest absolute Gasteiger partial charge is 0.301 e. The van der Waals surface area contributed by atoms with Gasteiger partial charge in [0.25, 0.3) is 0 Å². The van der Waals surface area contributed by atoms with Crippen LogP contribution in [0.15, 0.2) is 0 Å². The second-order valence-corrected chi connectivity index (χ2v) is 2.89. The van der Waals surface area contributed by atoms with Crippen LogP contribution in [-0.2, 0) is 9.63 Å². The maximum atomic E-state index is 11.3. The summed E-state index contributed by atoms with van der Waals surface area (Å²) in [5, 5.41) is 1.48. The topological polar surface area (TPSA) is 53.1 Å². The largest absolute Gasteiger partial charge is 0.328 e. The molecule has 74 valence electrons. The molecule has 13 heavy (non-hydrogen) atoms. The average Bonchev–Trinajstić information content (AvgIpc) is 2.34. The molecule has 0 spiro atoms. The summed E-state index contributed by atoms with van der Waals surface area (Å²) in [6.45, 7) is 0.425. The Kier molecular flexibility index (Phi) is 2.84. The lowest BCUT2D eigenvalue weighted by molar-refractivity contribution is -0.133. The first-order valence-corrected chi connectivity index (χ1v) is 3.87. The number of likely N-dealkylation sites (N-methyl/N-ethyl adjacent to an activating group) is 1. The molecule has 0 saturated carbocycles. The molecular weight excluding hydrogens is 174 g/mol. The van der Waals surface area contributed by atoms with E-state index in [4.69, 9.17) is 4.84 Å². The van der Waals surface area contributed by atoms with E-state index in [1.807, 2.05) is 0 Å². The van der Waals surface area contributed by atoms with Crippen LogP contribution in [-0.4, -0.2) is 61.2 Å². The third kappa shape index (κ3) is 1.96. The van der Waals surface area contributed by atoms with E-state index < -0.39 is 0 Å². The Labute approximate surface area is 76.6 Å². The minimum Gasteiger partial charge on any atom is -0.301 e. The molecule has 1 aliphatic rings. The molecule has 1 aliphatic heterocycles. The predicted octanol–water partition coefficient (Wildman–Crippen LogP) is -0.669. The zero-order valence-electron chi connectivity index (χ0n) is 7.98. The lowest BCUT2D eigenvalue weighted by atomic mass is 10.6. The van der Waals surface area contributed by atoms with Gasteiger partial charge in [-0.25, -0.2) is 4.79 Å². The van der Waals surface area contributed by atoms with Gasteiger partial charge in [-0.05, 0) is 0 Å². The minimum atomic E-state index is -0.283. The Morgan fingerprint density at radius 2 is 2.15 bits per heavy atom. The molecule has 1 rings (SSSR count). The van der Waals surface area contributed by atoms with E-state index in [9.17, 15) is 9.59 Å². The average molecular weight is 187 g/mol. The molecule has 0 atom stereocenters. The molecule has 0 radical (unpaired) electrons. The number of hydrogen-bond acceptors (Lipinski definition) is 4. The van der Waals surface area contributed by atoms with Crippen LogP contribution in [0.3, 0.4) is 0 Å². The minimum absolute atomic E-state index is 0.128. The molecule has 0 aromatic rings. The van der Waals surface area contributed by atoms with Crippen LogP contribution in [0.2, 0.25) is 0 Å². The van der Waals surface area contributed by atoms with Crippen molar-refractivity contribution in [3.05, 3.63) is 0 Å². The van der Waals surface area contributed by atoms with Gasteiger partial charge in [-0.1, -0.05) is 0 Å². The van der Waals surface area contributed by atoms with Crippen molar-refractivity contribution in [3.8, 4) is 0 Å². The zero-order chi connectivity index (χ0) is 10.0. The number of hydrogen-bond donors (Lipinski definition) is 0. The van der Waals surface area contributed by atoms with Crippen molar-refractivity contribution >= 4 is 11.9 Å². The molecular formula is C7H13N3O3. The molecule has 0 aromatic carbocycles. The van der Waals surface area contributed by atoms with E-state index in [2.05, 4.69) is 0 Å². The Hall–Kier alpha value is -1.14. The molecule has 6 nitrogen and oxygen atoms in total. The number of imide groups is 1. The highest BCUT2D eigenvalue weighted by Crippen LogP contribution is 2.07. The standard InChI is InChI=1S/C7H13N3O3/c1-8(13-3)5-10-4-6(11)9(2)7(10)12/h4-5H2,1-3H3. The predicted molar refractivity (Wildman–Crippen MR) is 44.5 cm³/mol. The Balaban J connectivity index is 2.54. The van der Waals surface area contributed by atoms with E-state index in [0.29, 0.717) is 6.67 Å². The summed E-state index contributed by atoms with van der Waals surface area (Å²) >= 11 is 0. The molecule has 6 heteroatoms. The highest BCUT2D eigenvalue weighted by atomic mass is 16.7. The van der Waals surface area contributed by atoms with Gasteiger partial charge in [-0.3, -0.25) is 14.6 Å². The van der Waals surface area contributed by atoms with Gasteiger partial charge in [0.1, 0.15) is 6.54 Å². The third-order valence-corrected chi connectivity index (χ3v) is 1.94. The van der Waals surface area contributed by atoms with Gasteiger partial charge < -0.3 is 4.84 Å². The summed E-state index contributed by atoms with van der Waals surface area (Å²) in [4.78, 5) is 29.7. The van der Waals surface area contributed by atoms with Crippen LogP contribution in [0.25, 0.3) is 0 Å². The SMILES string of the molecule is CON(C)CN1CC(=O)N(C)C1=O. The van der Waals surface area contributed by atoms with Gasteiger partial charge in [-0.2, -0.15) is 5.06 Å². The summed E-state index contributed by atoms with van der Waals surface area (Å²) in [6, 6.07) is -0.283. The fraction of sp³-hybridized carbons (Fsp3) is 0.714. The molecule has 1 fully saturated rings. The van der Waals surface area contributed by atoms with Crippen LogP contribution in [0.5, 0.6) is 0 Å². The molecule has 0 unspecified atom stereocenters. The van der Waals surface area contributed by atoms with Crippen molar-refractivity contribution in [3.63, 3.8) is 0 Å². The van der Waals surface area contributed by atoms with E-state index in [-0.39, 0.29) is 18.5 Å². The highest BCUT2D eigenvalue weighted by Gasteiger charge is 2.33. The lowest BCUT2D eigenvalue weighted by Gasteiger charge is -2.20. The quantitative estimate of drug-likeness (QED) is 0.434. The van der Waals surface area contributed by atoms with Crippen LogP contribution in [0.4, 0.5) is 4.79 Å². The fourth-order valence-corrected chi connectivity index (χ4v) is 1.06. The summed E-state index contributed by atoms with van der Waals surface area (Å²) in [6.07, 6.45) is 0. The summed E-state index contributed by atoms with van der Waals surface area (Å²) in [5.41, 5.74) is 0. The lowest BCUT2D eigenvalue weighted by Crippen LogP contribution is -2.37. The van der Waals surface area contributed by atoms with E-state index >= 15 is 0 Å². The van der Waals surface area contributed by atoms with Crippen molar-refractivity contribution in [2.75, 3.05) is 34.4 Å². The van der Waals surface area contributed by atoms with Crippen LogP contribution in [0.1, 0.15) is 0 Å². The molecule has 0 aromatic heterocycles. The normalized spacial score (nSPS) is 17.8. The Morgan fingerprint density at radius 3 is 2.54 bits per heavy atom. The van der Waals surface area contributed by atoms with Gasteiger partial charge >= 0.3 is 6.03 Å². The zero-order valence-corrected chi connectivity index (χ0v) is 7.98. The Bertz CT molecular complexity index is 231. The number of amides is 3. The molecule has 0 bridgehead atoms. The second kappa shape index (κ2) is 3.71. The fourth-order valence-electron chi connectivity index (χ4n) is 1.06. The van der Waals surface area contributed by atoms with Crippen LogP contribution in [0, 0.1) is 0 Å². The van der Waals surface area contributed by atoms with E-state index in [0.717, 1.165) is 4.90 Å². The number of carbonyl (C=O) groups excluding carboxylic acids is 2. The number of rotatable bonds is 3. The molecule has 1 saturated heterocycles. The maximum Gasteiger partial charge on any atom is 0.328 e. The van der Waals surface area contributed by atoms with E-state index in [1.165, 1.54) is 24.1 Å². The number of hydroxylamine groups is 2. The first kappa shape index (κ1) is 9.94. The van der Waals surface area contributed by atoms with Gasteiger partial charge in [0.2, 0.25) is 5.91 Å². The number of carbonyl (C=O) groups is 2. The van der Waals surface area contributed by atoms with Gasteiger partial charge in [-0.15, -0.1) is 0 Å². The van der Waals surface area contributed by atoms with E-state index in [1.54, 1.807) is 7.05 Å². The van der Waals surface area contributed by atoms with Gasteiger partial charge in [0.05, 0.1) is 13.8 Å². The van der Waals surface area contributed by atoms with Gasteiger partial charge in [0.15, 0.2) is 0 Å². The second-order valence-electron chi connectivity index (χ2n) is 2.89. The van der Waals surface area contributed by atoms with Crippen molar-refractivity contribution in [2.45, 2.75) is 0 Å². The van der Waals surface area contributed by atoms with Gasteiger partial charge in [0, 0.05) is 14.1 Å². The number of urea groups is 1. The first-order valence-electron chi connectivity index (χ1n) is 3.87. The van der Waals surface area contributed by atoms with Crippen molar-refractivity contribution < 1.29 is 14.4 Å². The van der Waals surface area contributed by atoms with Crippen molar-refractivity contribution in [2.24, 2.45) is 0 Å². The third-order valence-electron chi connectivity index (χ3n) is 1.94. The monoisotopic (exact) mass is 187 g/mol. The van der Waals surface area contributed by atoms with Crippen molar-refractivity contribution in [1.29, 1.82) is 0 Å². The summed E-state index contributed by atoms with van der Waals surface area (Å²) < 4.78 is 0. The van der Waals surface area contributed by atoms with Crippen LogP contribution < -0.4 is 0 Å². The number of nitrogens with zero attached hydrogens (tertiary/aromatic N) is 3. The molecule has 1 heterocycles. The van der Waals surface area contributed by atoms with Crippen LogP contribution >= 0.6 is 0 Å². The maximum absolute atomic E-state index is 11.3. The summed E-state index contributed by atoms with van der Waals surface area (Å²) in [7, 11) is 4.67. The molecule has 3 amide bonds. The first-order chi connectivity index (χ1) is 6.06. The molecule has 0 N–H and O–H groups in total. The van der Waals surface area contributed by atoms with Crippen molar-refractivity contribution in [1.82, 2.24) is 14.9 Å². The summed E-state index contributed by atoms with van der Waals surface area (Å²) in [5.74, 6) is -0.186. The molecule has 0 aliphatic carbocycles. The highest BCUT2D eigenvalue weighted by molar-refractivity contribution is 6.01. The Morgan fingerprint density at radius 1 is 1.54 bits per heavy atom.